The third kappa shape index (κ3) is 5.41. The normalized spacial score (nSPS) is 12.2. The van der Waals surface area contributed by atoms with E-state index in [0.29, 0.717) is 18.7 Å². The fourth-order valence-corrected chi connectivity index (χ4v) is 2.94. The molecule has 1 aromatic carbocycles. The smallest absolute Gasteiger partial charge is 0.230 e. The van der Waals surface area contributed by atoms with E-state index in [1.807, 2.05) is 19.9 Å². The third-order valence-electron chi connectivity index (χ3n) is 3.36. The van der Waals surface area contributed by atoms with Crippen LogP contribution in [-0.2, 0) is 4.79 Å². The number of rotatable bonds is 7. The summed E-state index contributed by atoms with van der Waals surface area (Å²) < 4.78 is 18.2. The Labute approximate surface area is 139 Å². The maximum Gasteiger partial charge on any atom is 0.230 e. The molecule has 0 fully saturated rings. The van der Waals surface area contributed by atoms with Crippen molar-refractivity contribution in [1.82, 2.24) is 5.32 Å². The minimum absolute atomic E-state index is 0.119. The number of nitrogens with one attached hydrogen (secondary N) is 1. The molecule has 0 aliphatic rings. The molecule has 2 rings (SSSR count). The highest BCUT2D eigenvalue weighted by molar-refractivity contribution is 8.00. The molecule has 2 N–H and O–H groups in total. The van der Waals surface area contributed by atoms with Gasteiger partial charge in [0.15, 0.2) is 0 Å². The zero-order valence-corrected chi connectivity index (χ0v) is 14.0. The molecule has 0 bridgehead atoms. The van der Waals surface area contributed by atoms with Crippen LogP contribution in [0.2, 0.25) is 0 Å². The Bertz CT molecular complexity index is 654. The lowest BCUT2D eigenvalue weighted by atomic mass is 10.1. The van der Waals surface area contributed by atoms with Gasteiger partial charge in [0.1, 0.15) is 17.3 Å². The first-order valence-electron chi connectivity index (χ1n) is 7.36. The minimum Gasteiger partial charge on any atom is -0.466 e. The molecule has 1 unspecified atom stereocenters. The molecule has 23 heavy (non-hydrogen) atoms. The van der Waals surface area contributed by atoms with Gasteiger partial charge in [-0.2, -0.15) is 0 Å². The number of thioether (sulfide) groups is 1. The molecule has 0 aliphatic carbocycles. The monoisotopic (exact) mass is 337 g/mol. The molecule has 1 amide bonds. The summed E-state index contributed by atoms with van der Waals surface area (Å²) in [5.74, 6) is 1.31. The van der Waals surface area contributed by atoms with Gasteiger partial charge in [-0.15, -0.1) is 11.8 Å². The lowest BCUT2D eigenvalue weighted by Gasteiger charge is -2.10. The van der Waals surface area contributed by atoms with Crippen LogP contribution in [0, 0.1) is 19.7 Å². The molecule has 0 spiro atoms. The van der Waals surface area contributed by atoms with Crippen molar-refractivity contribution in [3.8, 4) is 0 Å². The molecule has 1 aromatic heterocycles. The topological polar surface area (TPSA) is 62.5 Å². The van der Waals surface area contributed by atoms with Crippen LogP contribution >= 0.6 is 11.8 Å². The number of amides is 1. The second kappa shape index (κ2) is 8.17. The first kappa shape index (κ1) is 17.6. The maximum absolute atomic E-state index is 12.8. The summed E-state index contributed by atoms with van der Waals surface area (Å²) >= 11 is 1.34. The van der Waals surface area contributed by atoms with E-state index < -0.39 is 6.10 Å². The second-order valence-corrected chi connectivity index (χ2v) is 6.31. The van der Waals surface area contributed by atoms with E-state index in [1.165, 1.54) is 23.9 Å². The summed E-state index contributed by atoms with van der Waals surface area (Å²) in [5.41, 5.74) is 0.762. The maximum atomic E-state index is 12.8. The highest BCUT2D eigenvalue weighted by atomic mass is 32.2. The van der Waals surface area contributed by atoms with Crippen molar-refractivity contribution in [2.75, 3.05) is 12.3 Å². The number of carbonyl (C=O) groups excluding carboxylic acids is 1. The quantitative estimate of drug-likeness (QED) is 0.761. The number of benzene rings is 1. The number of halogens is 1. The molecular weight excluding hydrogens is 317 g/mol. The van der Waals surface area contributed by atoms with Crippen LogP contribution in [0.15, 0.2) is 39.6 Å². The number of carbonyl (C=O) groups is 1. The Hall–Kier alpha value is -1.79. The number of aryl methyl sites for hydroxylation is 2. The molecule has 0 aliphatic heterocycles. The van der Waals surface area contributed by atoms with Gasteiger partial charge >= 0.3 is 0 Å². The third-order valence-corrected chi connectivity index (χ3v) is 4.37. The molecule has 0 saturated carbocycles. The van der Waals surface area contributed by atoms with Gasteiger partial charge in [-0.25, -0.2) is 4.39 Å². The van der Waals surface area contributed by atoms with Crippen molar-refractivity contribution in [2.45, 2.75) is 31.3 Å². The van der Waals surface area contributed by atoms with Gasteiger partial charge in [0, 0.05) is 17.0 Å². The molecule has 1 heterocycles. The van der Waals surface area contributed by atoms with E-state index >= 15 is 0 Å². The second-order valence-electron chi connectivity index (χ2n) is 5.27. The van der Waals surface area contributed by atoms with Crippen LogP contribution in [0.4, 0.5) is 4.39 Å². The van der Waals surface area contributed by atoms with Crippen LogP contribution in [0.5, 0.6) is 0 Å². The van der Waals surface area contributed by atoms with Gasteiger partial charge in [0.05, 0.1) is 11.9 Å². The first-order chi connectivity index (χ1) is 11.0. The van der Waals surface area contributed by atoms with Crippen molar-refractivity contribution >= 4 is 17.7 Å². The Morgan fingerprint density at radius 3 is 2.65 bits per heavy atom. The Morgan fingerprint density at radius 1 is 1.35 bits per heavy atom. The molecular formula is C17H20FNO3S. The van der Waals surface area contributed by atoms with Crippen LogP contribution in [0.1, 0.15) is 29.6 Å². The molecule has 124 valence electrons. The van der Waals surface area contributed by atoms with Crippen LogP contribution in [0.25, 0.3) is 0 Å². The van der Waals surface area contributed by atoms with Crippen molar-refractivity contribution in [2.24, 2.45) is 0 Å². The fraction of sp³-hybridized carbons (Fsp3) is 0.353. The predicted octanol–water partition coefficient (Wildman–Crippen LogP) is 3.37. The van der Waals surface area contributed by atoms with Gasteiger partial charge in [0.2, 0.25) is 5.91 Å². The van der Waals surface area contributed by atoms with Gasteiger partial charge in [0.25, 0.3) is 0 Å². The number of hydrogen-bond donors (Lipinski definition) is 2. The van der Waals surface area contributed by atoms with Crippen molar-refractivity contribution in [3.05, 3.63) is 53.2 Å². The number of hydrogen-bond acceptors (Lipinski definition) is 4. The lowest BCUT2D eigenvalue weighted by molar-refractivity contribution is -0.118. The average molecular weight is 337 g/mol. The predicted molar refractivity (Wildman–Crippen MR) is 87.9 cm³/mol. The minimum atomic E-state index is -0.655. The molecule has 0 saturated heterocycles. The molecule has 1 atom stereocenters. The lowest BCUT2D eigenvalue weighted by Crippen LogP contribution is -2.27. The number of aliphatic hydroxyl groups excluding tert-OH is 1. The van der Waals surface area contributed by atoms with E-state index in [4.69, 9.17) is 4.42 Å². The van der Waals surface area contributed by atoms with Gasteiger partial charge in [-0.1, -0.05) is 0 Å². The van der Waals surface area contributed by atoms with Crippen LogP contribution < -0.4 is 5.32 Å². The standard InChI is InChI=1S/C17H20FNO3S/c1-11-9-15(12(2)22-11)16(20)7-8-19-17(21)10-23-14-5-3-13(18)4-6-14/h3-6,9,16,20H,7-8,10H2,1-2H3,(H,19,21). The van der Waals surface area contributed by atoms with Gasteiger partial charge in [-0.05, 0) is 50.6 Å². The number of aliphatic hydroxyl groups is 1. The summed E-state index contributed by atoms with van der Waals surface area (Å²) in [6, 6.07) is 7.83. The van der Waals surface area contributed by atoms with Crippen LogP contribution in [0.3, 0.4) is 0 Å². The highest BCUT2D eigenvalue weighted by Gasteiger charge is 2.14. The molecule has 0 radical (unpaired) electrons. The first-order valence-corrected chi connectivity index (χ1v) is 8.34. The van der Waals surface area contributed by atoms with Crippen molar-refractivity contribution in [1.29, 1.82) is 0 Å². The van der Waals surface area contributed by atoms with E-state index in [2.05, 4.69) is 5.32 Å². The van der Waals surface area contributed by atoms with Gasteiger partial charge in [-0.3, -0.25) is 4.79 Å². The Morgan fingerprint density at radius 2 is 2.04 bits per heavy atom. The van der Waals surface area contributed by atoms with Crippen molar-refractivity contribution < 1.29 is 18.7 Å². The Kier molecular flexibility index (Phi) is 6.24. The average Bonchev–Trinajstić information content (AvgIpc) is 2.85. The largest absolute Gasteiger partial charge is 0.466 e. The summed E-state index contributed by atoms with van der Waals surface area (Å²) in [5, 5.41) is 12.9. The van der Waals surface area contributed by atoms with E-state index in [-0.39, 0.29) is 17.5 Å². The zero-order valence-electron chi connectivity index (χ0n) is 13.1. The summed E-state index contributed by atoms with van der Waals surface area (Å²) in [7, 11) is 0. The highest BCUT2D eigenvalue weighted by Crippen LogP contribution is 2.23. The fourth-order valence-electron chi connectivity index (χ4n) is 2.22. The number of furan rings is 1. The van der Waals surface area contributed by atoms with Crippen LogP contribution in [-0.4, -0.2) is 23.3 Å². The van der Waals surface area contributed by atoms with E-state index in [9.17, 15) is 14.3 Å². The summed E-state index contributed by atoms with van der Waals surface area (Å²) in [6.45, 7) is 4.02. The van der Waals surface area contributed by atoms with Gasteiger partial charge < -0.3 is 14.8 Å². The zero-order chi connectivity index (χ0) is 16.8. The molecule has 2 aromatic rings. The summed E-state index contributed by atoms with van der Waals surface area (Å²) in [6.07, 6.45) is -0.232. The Balaban J connectivity index is 1.70. The van der Waals surface area contributed by atoms with E-state index in [1.54, 1.807) is 12.1 Å². The van der Waals surface area contributed by atoms with E-state index in [0.717, 1.165) is 16.2 Å². The molecule has 4 nitrogen and oxygen atoms in total. The van der Waals surface area contributed by atoms with Crippen molar-refractivity contribution in [3.63, 3.8) is 0 Å². The summed E-state index contributed by atoms with van der Waals surface area (Å²) in [4.78, 5) is 12.6. The molecule has 6 heteroatoms. The SMILES string of the molecule is Cc1cc(C(O)CCNC(=O)CSc2ccc(F)cc2)c(C)o1.